The van der Waals surface area contributed by atoms with Crippen LogP contribution in [0.15, 0.2) is 0 Å². The van der Waals surface area contributed by atoms with Crippen LogP contribution in [0, 0.1) is 0 Å². The summed E-state index contributed by atoms with van der Waals surface area (Å²) in [5, 5.41) is 3.01. The van der Waals surface area contributed by atoms with Crippen LogP contribution in [0.1, 0.15) is 39.0 Å². The van der Waals surface area contributed by atoms with Gasteiger partial charge >= 0.3 is 0 Å². The highest BCUT2D eigenvalue weighted by molar-refractivity contribution is 5.76. The topological polar surface area (TPSA) is 58.4 Å². The molecular weight excluding hydrogens is 202 g/mol. The molecule has 1 saturated carbocycles. The Bertz CT molecular complexity index is 204. The van der Waals surface area contributed by atoms with Crippen LogP contribution in [0.5, 0.6) is 0 Å². The number of nitrogens with two attached hydrogens (primary N) is 1. The molecule has 94 valence electrons. The molecule has 0 atom stereocenters. The number of unbranched alkanes of at least 4 members (excludes halogenated alkanes) is 1. The van der Waals surface area contributed by atoms with Gasteiger partial charge in [0.05, 0.1) is 0 Å². The molecule has 0 aromatic heterocycles. The van der Waals surface area contributed by atoms with Gasteiger partial charge in [0.2, 0.25) is 5.91 Å². The number of amides is 1. The van der Waals surface area contributed by atoms with Gasteiger partial charge in [0.25, 0.3) is 0 Å². The van der Waals surface area contributed by atoms with Crippen molar-refractivity contribution >= 4 is 5.91 Å². The molecule has 4 nitrogen and oxygen atoms in total. The maximum Gasteiger partial charge on any atom is 0.221 e. The summed E-state index contributed by atoms with van der Waals surface area (Å²) in [6, 6.07) is 0.478. The molecule has 0 heterocycles. The van der Waals surface area contributed by atoms with Gasteiger partial charge in [-0.15, -0.1) is 0 Å². The molecule has 0 aliphatic heterocycles. The Morgan fingerprint density at radius 3 is 2.69 bits per heavy atom. The summed E-state index contributed by atoms with van der Waals surface area (Å²) in [6.07, 6.45) is 5.31. The lowest BCUT2D eigenvalue weighted by Gasteiger charge is -2.20. The second-order valence-electron chi connectivity index (χ2n) is 4.58. The highest BCUT2D eigenvalue weighted by Crippen LogP contribution is 2.18. The minimum atomic E-state index is 0.195. The van der Waals surface area contributed by atoms with E-state index in [1.165, 1.54) is 12.8 Å². The first-order chi connectivity index (χ1) is 7.76. The maximum absolute atomic E-state index is 11.5. The Balaban J connectivity index is 2.11. The third-order valence-electron chi connectivity index (χ3n) is 2.87. The summed E-state index contributed by atoms with van der Waals surface area (Å²) in [5.41, 5.74) is 5.56. The second-order valence-corrected chi connectivity index (χ2v) is 4.58. The van der Waals surface area contributed by atoms with Crippen molar-refractivity contribution in [2.45, 2.75) is 45.1 Å². The van der Waals surface area contributed by atoms with Gasteiger partial charge in [0.1, 0.15) is 0 Å². The van der Waals surface area contributed by atoms with Crippen LogP contribution >= 0.6 is 0 Å². The summed E-state index contributed by atoms with van der Waals surface area (Å²) < 4.78 is 0. The number of nitrogens with zero attached hydrogens (tertiary/aromatic N) is 1. The molecule has 0 bridgehead atoms. The van der Waals surface area contributed by atoms with E-state index >= 15 is 0 Å². The minimum Gasteiger partial charge on any atom is -0.353 e. The van der Waals surface area contributed by atoms with E-state index < -0.39 is 0 Å². The highest BCUT2D eigenvalue weighted by Gasteiger charge is 2.23. The molecule has 1 amide bonds. The van der Waals surface area contributed by atoms with Crippen molar-refractivity contribution in [1.29, 1.82) is 0 Å². The summed E-state index contributed by atoms with van der Waals surface area (Å²) >= 11 is 0. The minimum absolute atomic E-state index is 0.195. The summed E-state index contributed by atoms with van der Waals surface area (Å²) in [5.74, 6) is 0.195. The van der Waals surface area contributed by atoms with Crippen molar-refractivity contribution in [1.82, 2.24) is 10.2 Å². The van der Waals surface area contributed by atoms with E-state index in [2.05, 4.69) is 17.1 Å². The van der Waals surface area contributed by atoms with Gasteiger partial charge in [-0.25, -0.2) is 0 Å². The fraction of sp³-hybridized carbons (Fsp3) is 0.917. The number of hydrogen-bond acceptors (Lipinski definition) is 3. The number of nitrogens with one attached hydrogen (secondary N) is 1. The predicted molar refractivity (Wildman–Crippen MR) is 66.2 cm³/mol. The Labute approximate surface area is 98.6 Å². The fourth-order valence-corrected chi connectivity index (χ4v) is 1.69. The van der Waals surface area contributed by atoms with E-state index in [-0.39, 0.29) is 5.91 Å². The lowest BCUT2D eigenvalue weighted by molar-refractivity contribution is -0.121. The quantitative estimate of drug-likeness (QED) is 0.610. The molecule has 0 aromatic rings. The van der Waals surface area contributed by atoms with Gasteiger partial charge in [0, 0.05) is 32.1 Å². The lowest BCUT2D eigenvalue weighted by Crippen LogP contribution is -2.35. The molecular formula is C12H25N3O. The summed E-state index contributed by atoms with van der Waals surface area (Å²) in [4.78, 5) is 13.8. The van der Waals surface area contributed by atoms with Crippen LogP contribution in [0.4, 0.5) is 0 Å². The predicted octanol–water partition coefficient (Wildman–Crippen LogP) is 0.716. The smallest absolute Gasteiger partial charge is 0.221 e. The lowest BCUT2D eigenvalue weighted by atomic mass is 10.3. The van der Waals surface area contributed by atoms with Gasteiger partial charge in [0.15, 0.2) is 0 Å². The number of carbonyl (C=O) groups is 1. The average Bonchev–Trinajstić information content (AvgIpc) is 3.06. The number of rotatable bonds is 9. The Morgan fingerprint density at radius 2 is 2.12 bits per heavy atom. The molecule has 0 spiro atoms. The Kier molecular flexibility index (Phi) is 6.42. The summed E-state index contributed by atoms with van der Waals surface area (Å²) in [6.45, 7) is 5.66. The van der Waals surface area contributed by atoms with Gasteiger partial charge in [-0.05, 0) is 25.8 Å². The summed E-state index contributed by atoms with van der Waals surface area (Å²) in [7, 11) is 0. The molecule has 0 unspecified atom stereocenters. The van der Waals surface area contributed by atoms with Gasteiger partial charge in [-0.2, -0.15) is 0 Å². The zero-order valence-corrected chi connectivity index (χ0v) is 10.4. The molecule has 0 aromatic carbocycles. The average molecular weight is 227 g/mol. The second kappa shape index (κ2) is 7.63. The van der Waals surface area contributed by atoms with Crippen LogP contribution in [0.3, 0.4) is 0 Å². The number of hydrogen-bond donors (Lipinski definition) is 2. The van der Waals surface area contributed by atoms with E-state index in [1.807, 2.05) is 0 Å². The van der Waals surface area contributed by atoms with Gasteiger partial charge in [-0.1, -0.05) is 13.3 Å². The SMILES string of the molecule is CCCCN(CCN)CCC(=O)NC1CC1. The Morgan fingerprint density at radius 1 is 1.38 bits per heavy atom. The molecule has 1 fully saturated rings. The molecule has 3 N–H and O–H groups in total. The third kappa shape index (κ3) is 6.08. The van der Waals surface area contributed by atoms with E-state index in [0.717, 1.165) is 32.5 Å². The molecule has 1 aliphatic rings. The van der Waals surface area contributed by atoms with Crippen molar-refractivity contribution in [3.05, 3.63) is 0 Å². The number of carbonyl (C=O) groups excluding carboxylic acids is 1. The highest BCUT2D eigenvalue weighted by atomic mass is 16.1. The molecule has 0 radical (unpaired) electrons. The molecule has 1 aliphatic carbocycles. The van der Waals surface area contributed by atoms with Crippen LogP contribution in [-0.4, -0.2) is 43.0 Å². The van der Waals surface area contributed by atoms with Crippen molar-refractivity contribution in [2.24, 2.45) is 5.73 Å². The van der Waals surface area contributed by atoms with Crippen LogP contribution in [0.25, 0.3) is 0 Å². The largest absolute Gasteiger partial charge is 0.353 e. The van der Waals surface area contributed by atoms with Crippen molar-refractivity contribution in [2.75, 3.05) is 26.2 Å². The van der Waals surface area contributed by atoms with Gasteiger partial charge in [-0.3, -0.25) is 4.79 Å². The molecule has 4 heteroatoms. The first-order valence-electron chi connectivity index (χ1n) is 6.48. The van der Waals surface area contributed by atoms with E-state index in [1.54, 1.807) is 0 Å². The standard InChI is InChI=1S/C12H25N3O/c1-2-3-8-15(10-7-13)9-6-12(16)14-11-4-5-11/h11H,2-10,13H2,1H3,(H,14,16). The van der Waals surface area contributed by atoms with E-state index in [4.69, 9.17) is 5.73 Å². The zero-order chi connectivity index (χ0) is 11.8. The van der Waals surface area contributed by atoms with Crippen molar-refractivity contribution in [3.63, 3.8) is 0 Å². The molecule has 0 saturated heterocycles. The van der Waals surface area contributed by atoms with Crippen LogP contribution in [-0.2, 0) is 4.79 Å². The normalized spacial score (nSPS) is 15.4. The fourth-order valence-electron chi connectivity index (χ4n) is 1.69. The molecule has 1 rings (SSSR count). The third-order valence-corrected chi connectivity index (χ3v) is 2.87. The zero-order valence-electron chi connectivity index (χ0n) is 10.4. The van der Waals surface area contributed by atoms with Crippen molar-refractivity contribution < 1.29 is 4.79 Å². The van der Waals surface area contributed by atoms with E-state index in [0.29, 0.717) is 19.0 Å². The van der Waals surface area contributed by atoms with E-state index in [9.17, 15) is 4.79 Å². The first kappa shape index (κ1) is 13.5. The van der Waals surface area contributed by atoms with Crippen molar-refractivity contribution in [3.8, 4) is 0 Å². The van der Waals surface area contributed by atoms with Crippen LogP contribution in [0.2, 0.25) is 0 Å². The van der Waals surface area contributed by atoms with Crippen LogP contribution < -0.4 is 11.1 Å². The Hall–Kier alpha value is -0.610. The first-order valence-corrected chi connectivity index (χ1v) is 6.48. The maximum atomic E-state index is 11.5. The van der Waals surface area contributed by atoms with Gasteiger partial charge < -0.3 is 16.0 Å². The molecule has 16 heavy (non-hydrogen) atoms. The monoisotopic (exact) mass is 227 g/mol.